The molecule has 1 N–H and O–H groups in total. The maximum atomic E-state index is 12.3. The second-order valence-corrected chi connectivity index (χ2v) is 6.83. The molecule has 2 aromatic rings. The molecular weight excluding hydrogens is 340 g/mol. The molecule has 132 valence electrons. The smallest absolute Gasteiger partial charge is 0.339 e. The highest BCUT2D eigenvalue weighted by Gasteiger charge is 2.17. The molecule has 0 aromatic heterocycles. The lowest BCUT2D eigenvalue weighted by atomic mass is 10.2. The van der Waals surface area contributed by atoms with Gasteiger partial charge in [0.05, 0.1) is 6.21 Å². The SMILES string of the molecule is CCCCC(=O)N/N=C/c1ccccc1OS(=O)(=O)c1ccccc1. The number of amides is 1. The van der Waals surface area contributed by atoms with Gasteiger partial charge in [0.1, 0.15) is 4.90 Å². The first-order chi connectivity index (χ1) is 12.0. The third-order valence-corrected chi connectivity index (χ3v) is 4.55. The zero-order chi connectivity index (χ0) is 18.1. The molecule has 7 heteroatoms. The number of nitrogens with one attached hydrogen (secondary N) is 1. The summed E-state index contributed by atoms with van der Waals surface area (Å²) in [6.45, 7) is 2.00. The molecule has 0 atom stereocenters. The molecular formula is C18H20N2O4S. The monoisotopic (exact) mass is 360 g/mol. The molecule has 0 heterocycles. The predicted molar refractivity (Wildman–Crippen MR) is 96.0 cm³/mol. The fourth-order valence-electron chi connectivity index (χ4n) is 1.98. The Morgan fingerprint density at radius 2 is 1.80 bits per heavy atom. The van der Waals surface area contributed by atoms with Crippen LogP contribution >= 0.6 is 0 Å². The Bertz CT molecular complexity index is 833. The Morgan fingerprint density at radius 3 is 2.52 bits per heavy atom. The van der Waals surface area contributed by atoms with Crippen LogP contribution in [0.4, 0.5) is 0 Å². The molecule has 0 saturated heterocycles. The summed E-state index contributed by atoms with van der Waals surface area (Å²) in [7, 11) is -3.94. The Hall–Kier alpha value is -2.67. The molecule has 0 aliphatic heterocycles. The van der Waals surface area contributed by atoms with Gasteiger partial charge in [-0.25, -0.2) is 5.43 Å². The first-order valence-electron chi connectivity index (χ1n) is 7.93. The van der Waals surface area contributed by atoms with Gasteiger partial charge in [0, 0.05) is 12.0 Å². The van der Waals surface area contributed by atoms with Crippen molar-refractivity contribution in [2.75, 3.05) is 0 Å². The number of hydrogen-bond donors (Lipinski definition) is 1. The normalized spacial score (nSPS) is 11.4. The van der Waals surface area contributed by atoms with E-state index in [0.717, 1.165) is 12.8 Å². The third kappa shape index (κ3) is 5.72. The molecule has 0 saturated carbocycles. The molecule has 0 spiro atoms. The van der Waals surface area contributed by atoms with Crippen LogP contribution in [0.2, 0.25) is 0 Å². The number of nitrogens with zero attached hydrogens (tertiary/aromatic N) is 1. The van der Waals surface area contributed by atoms with Crippen LogP contribution in [0.25, 0.3) is 0 Å². The van der Waals surface area contributed by atoms with Crippen LogP contribution < -0.4 is 9.61 Å². The van der Waals surface area contributed by atoms with E-state index in [2.05, 4.69) is 10.5 Å². The molecule has 0 aliphatic carbocycles. The van der Waals surface area contributed by atoms with E-state index >= 15 is 0 Å². The van der Waals surface area contributed by atoms with E-state index in [1.807, 2.05) is 6.92 Å². The largest absolute Gasteiger partial charge is 0.378 e. The number of hydrazone groups is 1. The highest BCUT2D eigenvalue weighted by Crippen LogP contribution is 2.21. The Morgan fingerprint density at radius 1 is 1.12 bits per heavy atom. The molecule has 6 nitrogen and oxygen atoms in total. The molecule has 0 aliphatic rings. The molecule has 2 rings (SSSR count). The minimum Gasteiger partial charge on any atom is -0.378 e. The van der Waals surface area contributed by atoms with E-state index in [1.54, 1.807) is 36.4 Å². The van der Waals surface area contributed by atoms with E-state index in [-0.39, 0.29) is 16.6 Å². The van der Waals surface area contributed by atoms with Gasteiger partial charge in [-0.15, -0.1) is 0 Å². The molecule has 0 bridgehead atoms. The van der Waals surface area contributed by atoms with E-state index < -0.39 is 10.1 Å². The van der Waals surface area contributed by atoms with Crippen LogP contribution in [-0.2, 0) is 14.9 Å². The molecule has 0 radical (unpaired) electrons. The number of para-hydroxylation sites is 1. The predicted octanol–water partition coefficient (Wildman–Crippen LogP) is 3.09. The van der Waals surface area contributed by atoms with Crippen LogP contribution in [0.3, 0.4) is 0 Å². The number of hydrogen-bond acceptors (Lipinski definition) is 5. The second-order valence-electron chi connectivity index (χ2n) is 5.29. The number of carbonyl (C=O) groups is 1. The first kappa shape index (κ1) is 18.7. The molecule has 1 amide bonds. The molecule has 25 heavy (non-hydrogen) atoms. The lowest BCUT2D eigenvalue weighted by molar-refractivity contribution is -0.121. The Balaban J connectivity index is 2.12. The van der Waals surface area contributed by atoms with E-state index in [1.165, 1.54) is 24.4 Å². The standard InChI is InChI=1S/C18H20N2O4S/c1-2-3-13-18(21)20-19-14-15-9-7-8-12-17(15)24-25(22,23)16-10-5-4-6-11-16/h4-12,14H,2-3,13H2,1H3,(H,20,21)/b19-14+. The van der Waals surface area contributed by atoms with E-state index in [4.69, 9.17) is 4.18 Å². The summed E-state index contributed by atoms with van der Waals surface area (Å²) < 4.78 is 29.8. The highest BCUT2D eigenvalue weighted by atomic mass is 32.2. The van der Waals surface area contributed by atoms with Crippen LogP contribution in [0.1, 0.15) is 31.7 Å². The summed E-state index contributed by atoms with van der Waals surface area (Å²) in [5.74, 6) is -0.0497. The van der Waals surface area contributed by atoms with Gasteiger partial charge in [0.15, 0.2) is 5.75 Å². The fraction of sp³-hybridized carbons (Fsp3) is 0.222. The zero-order valence-corrected chi connectivity index (χ0v) is 14.7. The zero-order valence-electron chi connectivity index (χ0n) is 13.9. The summed E-state index contributed by atoms with van der Waals surface area (Å²) in [5.41, 5.74) is 2.86. The van der Waals surface area contributed by atoms with Crippen LogP contribution in [0.15, 0.2) is 64.6 Å². The van der Waals surface area contributed by atoms with E-state index in [0.29, 0.717) is 12.0 Å². The summed E-state index contributed by atoms with van der Waals surface area (Å²) in [4.78, 5) is 11.6. The molecule has 0 fully saturated rings. The van der Waals surface area contributed by atoms with Gasteiger partial charge in [-0.2, -0.15) is 13.5 Å². The van der Waals surface area contributed by atoms with Crippen molar-refractivity contribution >= 4 is 22.2 Å². The quantitative estimate of drug-likeness (QED) is 0.445. The van der Waals surface area contributed by atoms with Crippen LogP contribution in [0.5, 0.6) is 5.75 Å². The van der Waals surface area contributed by atoms with Gasteiger partial charge in [0.25, 0.3) is 0 Å². The van der Waals surface area contributed by atoms with E-state index in [9.17, 15) is 13.2 Å². The minimum atomic E-state index is -3.94. The van der Waals surface area contributed by atoms with Crippen molar-refractivity contribution in [3.63, 3.8) is 0 Å². The van der Waals surface area contributed by atoms with Crippen molar-refractivity contribution in [3.8, 4) is 5.75 Å². The second kappa shape index (κ2) is 8.98. The number of rotatable bonds is 8. The fourth-order valence-corrected chi connectivity index (χ4v) is 2.96. The van der Waals surface area contributed by atoms with Gasteiger partial charge < -0.3 is 4.18 Å². The summed E-state index contributed by atoms with van der Waals surface area (Å²) in [6, 6.07) is 14.4. The van der Waals surface area contributed by atoms with Crippen molar-refractivity contribution in [2.24, 2.45) is 5.10 Å². The maximum Gasteiger partial charge on any atom is 0.339 e. The summed E-state index contributed by atoms with van der Waals surface area (Å²) in [5, 5.41) is 3.86. The van der Waals surface area contributed by atoms with Crippen molar-refractivity contribution in [3.05, 3.63) is 60.2 Å². The van der Waals surface area contributed by atoms with Crippen molar-refractivity contribution < 1.29 is 17.4 Å². The average Bonchev–Trinajstić information content (AvgIpc) is 2.62. The van der Waals surface area contributed by atoms with Gasteiger partial charge in [-0.3, -0.25) is 4.79 Å². The Kier molecular flexibility index (Phi) is 6.71. The average molecular weight is 360 g/mol. The minimum absolute atomic E-state index is 0.0645. The number of unbranched alkanes of at least 4 members (excludes halogenated alkanes) is 1. The van der Waals surface area contributed by atoms with Crippen molar-refractivity contribution in [1.29, 1.82) is 0 Å². The summed E-state index contributed by atoms with van der Waals surface area (Å²) in [6.07, 6.45) is 3.47. The number of benzene rings is 2. The van der Waals surface area contributed by atoms with Crippen LogP contribution in [0, 0.1) is 0 Å². The first-order valence-corrected chi connectivity index (χ1v) is 9.34. The molecule has 2 aromatic carbocycles. The topological polar surface area (TPSA) is 84.8 Å². The molecule has 0 unspecified atom stereocenters. The van der Waals surface area contributed by atoms with Gasteiger partial charge in [-0.05, 0) is 30.7 Å². The van der Waals surface area contributed by atoms with Crippen molar-refractivity contribution in [2.45, 2.75) is 31.1 Å². The van der Waals surface area contributed by atoms with Gasteiger partial charge in [-0.1, -0.05) is 43.7 Å². The lowest BCUT2D eigenvalue weighted by Crippen LogP contribution is -2.17. The van der Waals surface area contributed by atoms with Crippen LogP contribution in [-0.4, -0.2) is 20.5 Å². The van der Waals surface area contributed by atoms with Gasteiger partial charge in [0.2, 0.25) is 5.91 Å². The summed E-state index contributed by atoms with van der Waals surface area (Å²) >= 11 is 0. The number of carbonyl (C=O) groups excluding carboxylic acids is 1. The maximum absolute atomic E-state index is 12.3. The lowest BCUT2D eigenvalue weighted by Gasteiger charge is -2.09. The van der Waals surface area contributed by atoms with Crippen molar-refractivity contribution in [1.82, 2.24) is 5.43 Å². The van der Waals surface area contributed by atoms with Gasteiger partial charge >= 0.3 is 10.1 Å². The third-order valence-electron chi connectivity index (χ3n) is 3.30. The highest BCUT2D eigenvalue weighted by molar-refractivity contribution is 7.87. The Labute approximate surface area is 147 Å².